The SMILES string of the molecule is [NH3+]CCc1ccc(O)c(C[NH+](CC(=O)[O-])C2CCCCC2[NH+](Cc2ccccc2O)CP(=O)([O-])[O-])c1. The second kappa shape index (κ2) is 12.7. The highest BCUT2D eigenvalue weighted by atomic mass is 31.2. The van der Waals surface area contributed by atoms with Crippen molar-refractivity contribution in [3.8, 4) is 11.5 Å². The Hall–Kier alpha value is -2.46. The van der Waals surface area contributed by atoms with Gasteiger partial charge in [-0.1, -0.05) is 18.2 Å². The number of carbonyl (C=O) groups is 1. The molecule has 10 nitrogen and oxygen atoms in total. The van der Waals surface area contributed by atoms with Crippen molar-refractivity contribution in [2.75, 3.05) is 19.4 Å². The summed E-state index contributed by atoms with van der Waals surface area (Å²) < 4.78 is 11.9. The summed E-state index contributed by atoms with van der Waals surface area (Å²) in [7, 11) is -4.92. The van der Waals surface area contributed by atoms with Crippen LogP contribution in [0.25, 0.3) is 0 Å². The first-order valence-corrected chi connectivity index (χ1v) is 14.1. The van der Waals surface area contributed by atoms with Crippen LogP contribution in [0.15, 0.2) is 42.5 Å². The zero-order valence-electron chi connectivity index (χ0n) is 20.4. The summed E-state index contributed by atoms with van der Waals surface area (Å²) in [6.45, 7) is 0.684. The molecule has 36 heavy (non-hydrogen) atoms. The summed E-state index contributed by atoms with van der Waals surface area (Å²) in [6.07, 6.45) is 2.97. The van der Waals surface area contributed by atoms with E-state index in [1.54, 1.807) is 24.3 Å². The number of phenols is 2. The molecule has 0 heterocycles. The molecule has 1 fully saturated rings. The lowest BCUT2D eigenvalue weighted by Gasteiger charge is -2.43. The highest BCUT2D eigenvalue weighted by Gasteiger charge is 2.41. The maximum Gasteiger partial charge on any atom is 0.140 e. The van der Waals surface area contributed by atoms with Gasteiger partial charge in [-0.2, -0.15) is 0 Å². The van der Waals surface area contributed by atoms with E-state index in [1.165, 1.54) is 6.07 Å². The molecule has 4 unspecified atom stereocenters. The van der Waals surface area contributed by atoms with E-state index in [4.69, 9.17) is 0 Å². The number of aromatic hydroxyl groups is 2. The van der Waals surface area contributed by atoms with E-state index >= 15 is 0 Å². The zero-order valence-corrected chi connectivity index (χ0v) is 21.3. The molecule has 4 atom stereocenters. The van der Waals surface area contributed by atoms with Gasteiger partial charge in [-0.3, -0.25) is 0 Å². The van der Waals surface area contributed by atoms with Crippen LogP contribution in [0.4, 0.5) is 0 Å². The first-order chi connectivity index (χ1) is 17.1. The van der Waals surface area contributed by atoms with Crippen LogP contribution in [0.2, 0.25) is 0 Å². The van der Waals surface area contributed by atoms with Crippen LogP contribution in [0.5, 0.6) is 11.5 Å². The third-order valence-electron chi connectivity index (χ3n) is 7.02. The Morgan fingerprint density at radius 1 is 0.972 bits per heavy atom. The van der Waals surface area contributed by atoms with Crippen molar-refractivity contribution in [3.05, 3.63) is 59.2 Å². The van der Waals surface area contributed by atoms with Crippen LogP contribution in [-0.2, 0) is 28.9 Å². The van der Waals surface area contributed by atoms with E-state index in [-0.39, 0.29) is 43.2 Å². The number of rotatable bonds is 12. The fraction of sp³-hybridized carbons (Fsp3) is 0.480. The molecule has 0 bridgehead atoms. The average molecular weight is 522 g/mol. The molecule has 0 amide bonds. The van der Waals surface area contributed by atoms with Crippen molar-refractivity contribution >= 4 is 13.6 Å². The summed E-state index contributed by atoms with van der Waals surface area (Å²) in [6, 6.07) is 11.2. The van der Waals surface area contributed by atoms with Crippen LogP contribution in [0.3, 0.4) is 0 Å². The van der Waals surface area contributed by atoms with Crippen LogP contribution in [-0.4, -0.2) is 47.6 Å². The molecular formula is C25H36N3O7P. The van der Waals surface area contributed by atoms with Gasteiger partial charge in [0.2, 0.25) is 0 Å². The van der Waals surface area contributed by atoms with E-state index in [0.717, 1.165) is 24.8 Å². The highest BCUT2D eigenvalue weighted by Crippen LogP contribution is 2.23. The minimum atomic E-state index is -4.92. The monoisotopic (exact) mass is 521 g/mol. The number of hydrogen-bond donors (Lipinski definition) is 5. The molecule has 1 aliphatic carbocycles. The summed E-state index contributed by atoms with van der Waals surface area (Å²) in [5, 5.41) is 32.5. The molecular weight excluding hydrogens is 485 g/mol. The van der Waals surface area contributed by atoms with E-state index in [0.29, 0.717) is 40.3 Å². The van der Waals surface area contributed by atoms with Gasteiger partial charge in [0, 0.05) is 30.4 Å². The summed E-state index contributed by atoms with van der Waals surface area (Å²) >= 11 is 0. The van der Waals surface area contributed by atoms with E-state index in [1.807, 2.05) is 12.1 Å². The van der Waals surface area contributed by atoms with Crippen molar-refractivity contribution in [2.45, 2.75) is 57.3 Å². The van der Waals surface area contributed by atoms with Crippen molar-refractivity contribution in [2.24, 2.45) is 0 Å². The lowest BCUT2D eigenvalue weighted by molar-refractivity contribution is -1.00. The molecule has 198 valence electrons. The molecule has 2 aromatic carbocycles. The number of hydrogen-bond acceptors (Lipinski definition) is 7. The number of para-hydroxylation sites is 1. The molecule has 2 aromatic rings. The Bertz CT molecular complexity index is 1080. The van der Waals surface area contributed by atoms with Gasteiger partial charge in [0.25, 0.3) is 0 Å². The van der Waals surface area contributed by atoms with Crippen molar-refractivity contribution in [3.63, 3.8) is 0 Å². The minimum absolute atomic E-state index is 0.0140. The number of aliphatic carboxylic acids is 1. The molecule has 1 aliphatic rings. The van der Waals surface area contributed by atoms with Crippen molar-refractivity contribution in [1.82, 2.24) is 0 Å². The maximum absolute atomic E-state index is 11.9. The second-order valence-corrected chi connectivity index (χ2v) is 11.2. The molecule has 3 rings (SSSR count). The van der Waals surface area contributed by atoms with E-state index < -0.39 is 19.9 Å². The number of carboxylic acid groups (broad SMARTS) is 1. The van der Waals surface area contributed by atoms with Crippen LogP contribution < -0.4 is 30.4 Å². The van der Waals surface area contributed by atoms with Gasteiger partial charge >= 0.3 is 0 Å². The Morgan fingerprint density at radius 2 is 1.58 bits per heavy atom. The number of benzene rings is 2. The second-order valence-electron chi connectivity index (χ2n) is 9.68. The molecule has 1 saturated carbocycles. The third-order valence-corrected chi connectivity index (χ3v) is 7.81. The van der Waals surface area contributed by atoms with Gasteiger partial charge in [-0.05, 0) is 50.3 Å². The quantitative estimate of drug-likeness (QED) is 0.178. The third kappa shape index (κ3) is 8.03. The van der Waals surface area contributed by atoms with Crippen molar-refractivity contribution < 1.29 is 50.0 Å². The van der Waals surface area contributed by atoms with Gasteiger partial charge in [0.15, 0.2) is 0 Å². The predicted molar refractivity (Wildman–Crippen MR) is 125 cm³/mol. The lowest BCUT2D eigenvalue weighted by Crippen LogP contribution is -3.26. The number of carbonyl (C=O) groups excluding carboxylic acids is 1. The molecule has 0 aliphatic heterocycles. The fourth-order valence-electron chi connectivity index (χ4n) is 5.46. The highest BCUT2D eigenvalue weighted by molar-refractivity contribution is 7.48. The number of quaternary nitrogens is 3. The standard InChI is InChI=1S/C25H36N3O7P/c26-12-11-18-9-10-24(30)20(13-18)15-27(16-25(31)32)21-6-2-3-7-22(21)28(17-36(33,34)35)14-19-5-1-4-8-23(19)29/h1,4-5,8-10,13,21-22,29-30H,2-3,6-7,11-12,14-17,26H2,(H,31,32)(H2,33,34,35). The normalized spacial score (nSPS) is 20.1. The molecule has 0 radical (unpaired) electrons. The lowest BCUT2D eigenvalue weighted by atomic mass is 9.87. The minimum Gasteiger partial charge on any atom is -0.807 e. The van der Waals surface area contributed by atoms with Crippen LogP contribution in [0.1, 0.15) is 42.4 Å². The summed E-state index contributed by atoms with van der Waals surface area (Å²) in [5.41, 5.74) is 5.96. The first-order valence-electron chi connectivity index (χ1n) is 12.3. The zero-order chi connectivity index (χ0) is 26.3. The molecule has 11 heteroatoms. The van der Waals surface area contributed by atoms with Gasteiger partial charge in [0.1, 0.15) is 49.5 Å². The molecule has 7 N–H and O–H groups in total. The predicted octanol–water partition coefficient (Wildman–Crippen LogP) is -3.72. The topological polar surface area (TPSA) is 180 Å². The van der Waals surface area contributed by atoms with Gasteiger partial charge in [-0.25, -0.2) is 0 Å². The Kier molecular flexibility index (Phi) is 9.90. The Balaban J connectivity index is 1.95. The first kappa shape index (κ1) is 28.1. The van der Waals surface area contributed by atoms with Gasteiger partial charge in [0.05, 0.1) is 12.5 Å². The smallest absolute Gasteiger partial charge is 0.140 e. The maximum atomic E-state index is 11.9. The van der Waals surface area contributed by atoms with Gasteiger partial charge < -0.3 is 50.0 Å². The van der Waals surface area contributed by atoms with E-state index in [2.05, 4.69) is 5.73 Å². The Morgan fingerprint density at radius 3 is 2.19 bits per heavy atom. The number of carboxylic acids is 1. The largest absolute Gasteiger partial charge is 0.807 e. The number of phenolic OH excluding ortho intramolecular Hbond substituents is 2. The van der Waals surface area contributed by atoms with Crippen LogP contribution in [0, 0.1) is 0 Å². The summed E-state index contributed by atoms with van der Waals surface area (Å²) in [4.78, 5) is 36.7. The Labute approximate surface area is 211 Å². The van der Waals surface area contributed by atoms with Gasteiger partial charge in [-0.15, -0.1) is 0 Å². The summed E-state index contributed by atoms with van der Waals surface area (Å²) in [5.74, 6) is -1.17. The van der Waals surface area contributed by atoms with E-state index in [9.17, 15) is 34.5 Å². The molecule has 0 spiro atoms. The number of nitrogens with one attached hydrogen (secondary N) is 2. The average Bonchev–Trinajstić information content (AvgIpc) is 2.81. The molecule has 0 aromatic heterocycles. The van der Waals surface area contributed by atoms with Crippen LogP contribution >= 0.6 is 7.60 Å². The van der Waals surface area contributed by atoms with Crippen molar-refractivity contribution in [1.29, 1.82) is 0 Å². The fourth-order valence-corrected chi connectivity index (χ4v) is 6.30. The molecule has 0 saturated heterocycles.